The van der Waals surface area contributed by atoms with Gasteiger partial charge in [0.05, 0.1) is 17.1 Å². The van der Waals surface area contributed by atoms with E-state index in [1.165, 1.54) is 55.8 Å². The van der Waals surface area contributed by atoms with Gasteiger partial charge in [-0.25, -0.2) is 0 Å². The van der Waals surface area contributed by atoms with E-state index in [0.29, 0.717) is 0 Å². The fourth-order valence-electron chi connectivity index (χ4n) is 8.50. The molecule has 10 rings (SSSR count). The van der Waals surface area contributed by atoms with Crippen molar-refractivity contribution >= 4 is 34.1 Å². The van der Waals surface area contributed by atoms with Gasteiger partial charge in [-0.2, -0.15) is 0 Å². The maximum absolute atomic E-state index is 6.55. The van der Waals surface area contributed by atoms with Crippen molar-refractivity contribution in [3.8, 4) is 44.9 Å². The Labute approximate surface area is 323 Å². The van der Waals surface area contributed by atoms with E-state index in [1.807, 2.05) is 0 Å². The summed E-state index contributed by atoms with van der Waals surface area (Å²) in [4.78, 5) is 4.78. The van der Waals surface area contributed by atoms with Crippen molar-refractivity contribution < 1.29 is 4.74 Å². The minimum atomic E-state index is -0.199. The number of rotatable bonds is 6. The topological polar surface area (TPSA) is 15.7 Å². The molecule has 2 heterocycles. The molecule has 55 heavy (non-hydrogen) atoms. The number of benzene rings is 8. The van der Waals surface area contributed by atoms with Gasteiger partial charge < -0.3 is 14.5 Å². The first-order chi connectivity index (χ1) is 26.9. The molecule has 0 amide bonds. The molecule has 0 bridgehead atoms. The third-order valence-electron chi connectivity index (χ3n) is 11.4. The van der Waals surface area contributed by atoms with E-state index in [9.17, 15) is 0 Å². The highest BCUT2D eigenvalue weighted by Gasteiger charge is 2.42. The molecule has 0 aromatic heterocycles. The van der Waals surface area contributed by atoms with Crippen LogP contribution in [0.1, 0.15) is 30.5 Å². The Kier molecular flexibility index (Phi) is 7.71. The molecule has 0 atom stereocenters. The molecule has 0 radical (unpaired) electrons. The number of hydrogen-bond acceptors (Lipinski definition) is 3. The van der Waals surface area contributed by atoms with Crippen molar-refractivity contribution in [1.29, 1.82) is 0 Å². The van der Waals surface area contributed by atoms with Crippen molar-refractivity contribution in [3.05, 3.63) is 205 Å². The highest BCUT2D eigenvalue weighted by Crippen LogP contribution is 2.60. The van der Waals surface area contributed by atoms with Crippen LogP contribution in [0.5, 0.6) is 11.5 Å². The first-order valence-corrected chi connectivity index (χ1v) is 19.0. The molecule has 8 aromatic rings. The minimum Gasteiger partial charge on any atom is -0.453 e. The first kappa shape index (κ1) is 32.8. The Balaban J connectivity index is 1.05. The number of anilines is 6. The van der Waals surface area contributed by atoms with Crippen molar-refractivity contribution in [2.75, 3.05) is 9.80 Å². The molecule has 3 heteroatoms. The average Bonchev–Trinajstić information content (AvgIpc) is 3.24. The second kappa shape index (κ2) is 12.9. The van der Waals surface area contributed by atoms with Crippen LogP contribution in [0, 0.1) is 6.92 Å². The van der Waals surface area contributed by atoms with Gasteiger partial charge in [-0.3, -0.25) is 0 Å². The first-order valence-electron chi connectivity index (χ1n) is 19.0. The standard InChI is InChI=1S/C52H40N2O/c1-35-12-10-18-48-50(35)54-47-34-41(26-33-45(47)52(2,3)46-17-11-19-49(55-48)51(46)54)40-24-31-44(32-25-40)53(42-27-20-38(21-28-42)36-13-6-4-7-14-36)43-29-22-39(23-30-43)37-15-8-5-9-16-37/h4-34H,1-3H3. The SMILES string of the molecule is Cc1cccc2c1N1c3cc(-c4ccc(N(c5ccc(-c6ccccc6)cc5)c5ccc(-c6ccccc6)cc5)cc4)ccc3C(C)(C)c3cccc(c31)O2. The lowest BCUT2D eigenvalue weighted by molar-refractivity contribution is 0.471. The van der Waals surface area contributed by atoms with Gasteiger partial charge in [0, 0.05) is 22.5 Å². The summed E-state index contributed by atoms with van der Waals surface area (Å²) in [6.45, 7) is 6.83. The lowest BCUT2D eigenvalue weighted by atomic mass is 9.72. The van der Waals surface area contributed by atoms with Crippen LogP contribution in [0.15, 0.2) is 188 Å². The van der Waals surface area contributed by atoms with Gasteiger partial charge in [0.2, 0.25) is 0 Å². The largest absolute Gasteiger partial charge is 0.453 e. The van der Waals surface area contributed by atoms with Crippen molar-refractivity contribution in [2.24, 2.45) is 0 Å². The molecule has 0 saturated heterocycles. The zero-order valence-electron chi connectivity index (χ0n) is 31.2. The average molecular weight is 709 g/mol. The van der Waals surface area contributed by atoms with Gasteiger partial charge in [-0.1, -0.05) is 147 Å². The number of ether oxygens (including phenoxy) is 1. The fraction of sp³-hybridized carbons (Fsp3) is 0.0769. The van der Waals surface area contributed by atoms with E-state index in [4.69, 9.17) is 4.74 Å². The maximum atomic E-state index is 6.55. The van der Waals surface area contributed by atoms with Crippen molar-refractivity contribution in [3.63, 3.8) is 0 Å². The summed E-state index contributed by atoms with van der Waals surface area (Å²) in [6, 6.07) is 67.7. The monoisotopic (exact) mass is 708 g/mol. The maximum Gasteiger partial charge on any atom is 0.151 e. The van der Waals surface area contributed by atoms with Gasteiger partial charge in [0.25, 0.3) is 0 Å². The molecular formula is C52H40N2O. The Bertz CT molecular complexity index is 2600. The smallest absolute Gasteiger partial charge is 0.151 e. The molecule has 0 aliphatic carbocycles. The lowest BCUT2D eigenvalue weighted by Crippen LogP contribution is -2.32. The highest BCUT2D eigenvalue weighted by molar-refractivity contribution is 5.95. The van der Waals surface area contributed by atoms with E-state index in [2.05, 4.69) is 219 Å². The van der Waals surface area contributed by atoms with E-state index >= 15 is 0 Å². The molecule has 0 saturated carbocycles. The molecule has 0 spiro atoms. The lowest BCUT2D eigenvalue weighted by Gasteiger charge is -2.45. The van der Waals surface area contributed by atoms with Crippen molar-refractivity contribution in [1.82, 2.24) is 0 Å². The van der Waals surface area contributed by atoms with Gasteiger partial charge >= 0.3 is 0 Å². The molecule has 8 aromatic carbocycles. The van der Waals surface area contributed by atoms with Crippen LogP contribution in [0.3, 0.4) is 0 Å². The van der Waals surface area contributed by atoms with Gasteiger partial charge in [-0.05, 0) is 112 Å². The van der Waals surface area contributed by atoms with Crippen LogP contribution in [0.25, 0.3) is 33.4 Å². The number of fused-ring (bicyclic) bond motifs is 4. The molecule has 0 unspecified atom stereocenters. The van der Waals surface area contributed by atoms with E-state index in [0.717, 1.165) is 39.9 Å². The predicted molar refractivity (Wildman–Crippen MR) is 229 cm³/mol. The normalized spacial score (nSPS) is 13.3. The zero-order chi connectivity index (χ0) is 37.1. The summed E-state index contributed by atoms with van der Waals surface area (Å²) in [5.41, 5.74) is 17.5. The third kappa shape index (κ3) is 5.51. The molecular weight excluding hydrogens is 669 g/mol. The summed E-state index contributed by atoms with van der Waals surface area (Å²) in [5.74, 6) is 1.79. The molecule has 2 aliphatic rings. The molecule has 2 aliphatic heterocycles. The Morgan fingerprint density at radius 3 is 1.42 bits per heavy atom. The van der Waals surface area contributed by atoms with Crippen molar-refractivity contribution in [2.45, 2.75) is 26.2 Å². The van der Waals surface area contributed by atoms with Crippen LogP contribution in [-0.2, 0) is 5.41 Å². The van der Waals surface area contributed by atoms with Gasteiger partial charge in [-0.15, -0.1) is 0 Å². The van der Waals surface area contributed by atoms with Crippen LogP contribution >= 0.6 is 0 Å². The molecule has 264 valence electrons. The molecule has 0 fully saturated rings. The quantitative estimate of drug-likeness (QED) is 0.171. The van der Waals surface area contributed by atoms with E-state index in [-0.39, 0.29) is 5.41 Å². The molecule has 3 nitrogen and oxygen atoms in total. The predicted octanol–water partition coefficient (Wildman–Crippen LogP) is 14.7. The van der Waals surface area contributed by atoms with Crippen LogP contribution in [-0.4, -0.2) is 0 Å². The Hall–Kier alpha value is -6.84. The Morgan fingerprint density at radius 1 is 0.418 bits per heavy atom. The zero-order valence-corrected chi connectivity index (χ0v) is 31.2. The summed E-state index contributed by atoms with van der Waals surface area (Å²) in [7, 11) is 0. The van der Waals surface area contributed by atoms with E-state index < -0.39 is 0 Å². The summed E-state index contributed by atoms with van der Waals surface area (Å²) in [5, 5.41) is 0. The second-order valence-electron chi connectivity index (χ2n) is 15.1. The highest BCUT2D eigenvalue weighted by atomic mass is 16.5. The number of hydrogen-bond donors (Lipinski definition) is 0. The summed E-state index contributed by atoms with van der Waals surface area (Å²) < 4.78 is 6.55. The Morgan fingerprint density at radius 2 is 0.873 bits per heavy atom. The summed E-state index contributed by atoms with van der Waals surface area (Å²) >= 11 is 0. The number of aryl methyl sites for hydroxylation is 1. The van der Waals surface area contributed by atoms with Gasteiger partial charge in [0.1, 0.15) is 0 Å². The summed E-state index contributed by atoms with van der Waals surface area (Å²) in [6.07, 6.45) is 0. The minimum absolute atomic E-state index is 0.199. The third-order valence-corrected chi connectivity index (χ3v) is 11.4. The second-order valence-corrected chi connectivity index (χ2v) is 15.1. The number of para-hydroxylation sites is 2. The van der Waals surface area contributed by atoms with E-state index in [1.54, 1.807) is 0 Å². The van der Waals surface area contributed by atoms with Gasteiger partial charge in [0.15, 0.2) is 11.5 Å². The molecule has 0 N–H and O–H groups in total. The fourth-order valence-corrected chi connectivity index (χ4v) is 8.50. The van der Waals surface area contributed by atoms with Crippen LogP contribution in [0.4, 0.5) is 34.1 Å². The van der Waals surface area contributed by atoms with Crippen LogP contribution < -0.4 is 14.5 Å². The number of nitrogens with zero attached hydrogens (tertiary/aromatic N) is 2. The van der Waals surface area contributed by atoms with Crippen LogP contribution in [0.2, 0.25) is 0 Å².